The van der Waals surface area contributed by atoms with E-state index in [2.05, 4.69) is 19.2 Å². The lowest BCUT2D eigenvalue weighted by Gasteiger charge is -2.19. The number of hydrogen-bond acceptors (Lipinski definition) is 3. The highest BCUT2D eigenvalue weighted by Crippen LogP contribution is 2.10. The fraction of sp³-hybridized carbons (Fsp3) is 0.917. The van der Waals surface area contributed by atoms with Gasteiger partial charge in [-0.1, -0.05) is 27.7 Å². The minimum atomic E-state index is -0.485. The number of nitrogens with one attached hydrogen (secondary N) is 1. The summed E-state index contributed by atoms with van der Waals surface area (Å²) in [4.78, 5) is 11.7. The van der Waals surface area contributed by atoms with Gasteiger partial charge in [-0.25, -0.2) is 0 Å². The van der Waals surface area contributed by atoms with Gasteiger partial charge < -0.3 is 16.2 Å². The first-order valence-electron chi connectivity index (χ1n) is 6.04. The van der Waals surface area contributed by atoms with Gasteiger partial charge in [0.15, 0.2) is 0 Å². The Morgan fingerprint density at radius 3 is 2.25 bits per heavy atom. The van der Waals surface area contributed by atoms with Crippen molar-refractivity contribution in [3.63, 3.8) is 0 Å². The molecule has 0 spiro atoms. The van der Waals surface area contributed by atoms with Gasteiger partial charge in [0.2, 0.25) is 5.91 Å². The second-order valence-electron chi connectivity index (χ2n) is 5.12. The average molecular weight is 230 g/mol. The topological polar surface area (TPSA) is 75.4 Å². The number of rotatable bonds is 7. The van der Waals surface area contributed by atoms with Gasteiger partial charge in [0.25, 0.3) is 0 Å². The van der Waals surface area contributed by atoms with E-state index in [1.54, 1.807) is 0 Å². The predicted octanol–water partition coefficient (Wildman–Crippen LogP) is 0.741. The molecule has 0 aliphatic carbocycles. The second-order valence-corrected chi connectivity index (χ2v) is 5.12. The van der Waals surface area contributed by atoms with Crippen LogP contribution in [0.2, 0.25) is 0 Å². The lowest BCUT2D eigenvalue weighted by atomic mass is 9.96. The quantitative estimate of drug-likeness (QED) is 0.604. The third-order valence-corrected chi connectivity index (χ3v) is 2.67. The van der Waals surface area contributed by atoms with Crippen molar-refractivity contribution in [3.05, 3.63) is 0 Å². The van der Waals surface area contributed by atoms with Crippen LogP contribution in [0.3, 0.4) is 0 Å². The van der Waals surface area contributed by atoms with Crippen LogP contribution in [0.4, 0.5) is 0 Å². The number of amides is 1. The Labute approximate surface area is 98.6 Å². The van der Waals surface area contributed by atoms with Crippen molar-refractivity contribution in [3.8, 4) is 0 Å². The predicted molar refractivity (Wildman–Crippen MR) is 65.9 cm³/mol. The zero-order valence-electron chi connectivity index (χ0n) is 10.9. The van der Waals surface area contributed by atoms with Crippen LogP contribution in [0.15, 0.2) is 0 Å². The molecule has 0 rings (SSSR count). The summed E-state index contributed by atoms with van der Waals surface area (Å²) in [6.45, 7) is 8.65. The van der Waals surface area contributed by atoms with Gasteiger partial charge in [-0.05, 0) is 18.3 Å². The molecule has 16 heavy (non-hydrogen) atoms. The molecule has 2 atom stereocenters. The number of nitrogens with two attached hydrogens (primary N) is 1. The minimum Gasteiger partial charge on any atom is -0.391 e. The fourth-order valence-corrected chi connectivity index (χ4v) is 1.46. The summed E-state index contributed by atoms with van der Waals surface area (Å²) in [7, 11) is 0. The smallest absolute Gasteiger partial charge is 0.224 e. The highest BCUT2D eigenvalue weighted by atomic mass is 16.3. The van der Waals surface area contributed by atoms with Gasteiger partial charge in [-0.3, -0.25) is 4.79 Å². The van der Waals surface area contributed by atoms with Crippen molar-refractivity contribution < 1.29 is 9.90 Å². The normalized spacial score (nSPS) is 15.2. The molecule has 4 nitrogen and oxygen atoms in total. The monoisotopic (exact) mass is 230 g/mol. The van der Waals surface area contributed by atoms with Crippen LogP contribution >= 0.6 is 0 Å². The lowest BCUT2D eigenvalue weighted by molar-refractivity contribution is -0.125. The Hall–Kier alpha value is -0.610. The highest BCUT2D eigenvalue weighted by Gasteiger charge is 2.19. The standard InChI is InChI=1S/C12H26N2O2/c1-8(2)5-10(6-13)12(16)14-7-11(15)9(3)4/h8-11,15H,5-7,13H2,1-4H3,(H,14,16). The van der Waals surface area contributed by atoms with E-state index in [-0.39, 0.29) is 17.7 Å². The molecule has 0 heterocycles. The maximum atomic E-state index is 11.7. The SMILES string of the molecule is CC(C)CC(CN)C(=O)NCC(O)C(C)C. The third-order valence-electron chi connectivity index (χ3n) is 2.67. The van der Waals surface area contributed by atoms with Gasteiger partial charge >= 0.3 is 0 Å². The molecule has 0 aromatic carbocycles. The number of aliphatic hydroxyl groups excluding tert-OH is 1. The van der Waals surface area contributed by atoms with Gasteiger partial charge in [0, 0.05) is 13.1 Å². The molecule has 0 aliphatic rings. The summed E-state index contributed by atoms with van der Waals surface area (Å²) >= 11 is 0. The molecule has 0 aromatic rings. The van der Waals surface area contributed by atoms with Crippen LogP contribution in [0.25, 0.3) is 0 Å². The summed E-state index contributed by atoms with van der Waals surface area (Å²) in [6.07, 6.45) is 0.307. The molecule has 96 valence electrons. The molecule has 0 bridgehead atoms. The molecule has 0 fully saturated rings. The Balaban J connectivity index is 4.02. The first-order chi connectivity index (χ1) is 7.38. The van der Waals surface area contributed by atoms with E-state index in [1.807, 2.05) is 13.8 Å². The zero-order chi connectivity index (χ0) is 12.7. The summed E-state index contributed by atoms with van der Waals surface area (Å²) in [5, 5.41) is 12.3. The molecule has 1 amide bonds. The Bertz CT molecular complexity index is 205. The van der Waals surface area contributed by atoms with Gasteiger partial charge in [0.05, 0.1) is 12.0 Å². The van der Waals surface area contributed by atoms with E-state index in [0.717, 1.165) is 6.42 Å². The van der Waals surface area contributed by atoms with Crippen LogP contribution in [0.1, 0.15) is 34.1 Å². The van der Waals surface area contributed by atoms with Crippen LogP contribution in [0, 0.1) is 17.8 Å². The van der Waals surface area contributed by atoms with Crippen LogP contribution < -0.4 is 11.1 Å². The summed E-state index contributed by atoms with van der Waals surface area (Å²) in [5.41, 5.74) is 5.56. The van der Waals surface area contributed by atoms with Crippen LogP contribution in [-0.2, 0) is 4.79 Å². The molecule has 4 heteroatoms. The molecule has 4 N–H and O–H groups in total. The molecule has 0 aromatic heterocycles. The summed E-state index contributed by atoms with van der Waals surface area (Å²) in [5.74, 6) is 0.423. The van der Waals surface area contributed by atoms with E-state index >= 15 is 0 Å². The molecule has 0 saturated carbocycles. The van der Waals surface area contributed by atoms with Crippen LogP contribution in [-0.4, -0.2) is 30.2 Å². The lowest BCUT2D eigenvalue weighted by Crippen LogP contribution is -2.40. The van der Waals surface area contributed by atoms with E-state index in [4.69, 9.17) is 5.73 Å². The molecule has 0 saturated heterocycles. The van der Waals surface area contributed by atoms with Gasteiger partial charge in [-0.2, -0.15) is 0 Å². The van der Waals surface area contributed by atoms with Crippen molar-refractivity contribution in [2.24, 2.45) is 23.5 Å². The molecule has 0 radical (unpaired) electrons. The first kappa shape index (κ1) is 15.4. The maximum Gasteiger partial charge on any atom is 0.224 e. The first-order valence-corrected chi connectivity index (χ1v) is 6.04. The van der Waals surface area contributed by atoms with E-state index < -0.39 is 6.10 Å². The van der Waals surface area contributed by atoms with Crippen molar-refractivity contribution in [2.45, 2.75) is 40.2 Å². The maximum absolute atomic E-state index is 11.7. The third kappa shape index (κ3) is 6.08. The average Bonchev–Trinajstić information content (AvgIpc) is 2.21. The largest absolute Gasteiger partial charge is 0.391 e. The van der Waals surface area contributed by atoms with E-state index in [0.29, 0.717) is 19.0 Å². The zero-order valence-corrected chi connectivity index (χ0v) is 10.9. The van der Waals surface area contributed by atoms with E-state index in [9.17, 15) is 9.90 Å². The highest BCUT2D eigenvalue weighted by molar-refractivity contribution is 5.78. The Morgan fingerprint density at radius 2 is 1.88 bits per heavy atom. The molecule has 0 aliphatic heterocycles. The molecular formula is C12H26N2O2. The van der Waals surface area contributed by atoms with Crippen molar-refractivity contribution in [2.75, 3.05) is 13.1 Å². The van der Waals surface area contributed by atoms with Crippen molar-refractivity contribution in [1.82, 2.24) is 5.32 Å². The second kappa shape index (κ2) is 7.63. The number of carbonyl (C=O) groups is 1. The Kier molecular flexibility index (Phi) is 7.34. The Morgan fingerprint density at radius 1 is 1.31 bits per heavy atom. The van der Waals surface area contributed by atoms with Crippen molar-refractivity contribution >= 4 is 5.91 Å². The van der Waals surface area contributed by atoms with Gasteiger partial charge in [0.1, 0.15) is 0 Å². The molecule has 2 unspecified atom stereocenters. The number of hydrogen-bond donors (Lipinski definition) is 3. The minimum absolute atomic E-state index is 0.0455. The van der Waals surface area contributed by atoms with Crippen LogP contribution in [0.5, 0.6) is 0 Å². The van der Waals surface area contributed by atoms with Crippen molar-refractivity contribution in [1.29, 1.82) is 0 Å². The van der Waals surface area contributed by atoms with Gasteiger partial charge in [-0.15, -0.1) is 0 Å². The number of aliphatic hydroxyl groups is 1. The fourth-order valence-electron chi connectivity index (χ4n) is 1.46. The summed E-state index contributed by atoms with van der Waals surface area (Å²) < 4.78 is 0. The summed E-state index contributed by atoms with van der Waals surface area (Å²) in [6, 6.07) is 0. The molecular weight excluding hydrogens is 204 g/mol. The van der Waals surface area contributed by atoms with E-state index in [1.165, 1.54) is 0 Å². The number of carbonyl (C=O) groups excluding carboxylic acids is 1.